The van der Waals surface area contributed by atoms with Gasteiger partial charge >= 0.3 is 5.97 Å². The molecular weight excluding hydrogens is 365 g/mol. The summed E-state index contributed by atoms with van der Waals surface area (Å²) in [5.74, 6) is -0.835. The van der Waals surface area contributed by atoms with Gasteiger partial charge in [0, 0.05) is 17.1 Å². The number of aromatic nitrogens is 3. The van der Waals surface area contributed by atoms with Crippen LogP contribution in [-0.4, -0.2) is 27.5 Å². The van der Waals surface area contributed by atoms with Crippen molar-refractivity contribution in [2.45, 2.75) is 13.8 Å². The average Bonchev–Trinajstić information content (AvgIpc) is 3.11. The molecule has 3 aromatic rings. The lowest BCUT2D eigenvalue weighted by Gasteiger charge is -2.13. The van der Waals surface area contributed by atoms with E-state index in [2.05, 4.69) is 15.0 Å². The molecule has 128 valence electrons. The van der Waals surface area contributed by atoms with Gasteiger partial charge in [0.25, 0.3) is 0 Å². The summed E-state index contributed by atoms with van der Waals surface area (Å²) in [5, 5.41) is 2.27. The molecule has 0 bridgehead atoms. The Morgan fingerprint density at radius 3 is 2.84 bits per heavy atom. The van der Waals surface area contributed by atoms with Crippen LogP contribution in [0.2, 0.25) is 5.02 Å². The third-order valence-electron chi connectivity index (χ3n) is 3.40. The van der Waals surface area contributed by atoms with Crippen LogP contribution in [0.25, 0.3) is 22.1 Å². The predicted octanol–water partition coefficient (Wildman–Crippen LogP) is 4.54. The number of carbonyl (C=O) groups excluding carboxylic acids is 1. The molecule has 0 spiro atoms. The number of benzene rings is 1. The van der Waals surface area contributed by atoms with E-state index in [1.54, 1.807) is 31.5 Å². The largest absolute Gasteiger partial charge is 0.462 e. The fourth-order valence-corrected chi connectivity index (χ4v) is 3.12. The van der Waals surface area contributed by atoms with Gasteiger partial charge in [0.15, 0.2) is 10.8 Å². The van der Waals surface area contributed by atoms with Crippen molar-refractivity contribution < 1.29 is 13.9 Å². The van der Waals surface area contributed by atoms with Crippen LogP contribution in [-0.2, 0) is 4.74 Å². The molecule has 2 heterocycles. The lowest BCUT2D eigenvalue weighted by Crippen LogP contribution is -2.12. The van der Waals surface area contributed by atoms with Crippen molar-refractivity contribution in [2.24, 2.45) is 0 Å². The van der Waals surface area contributed by atoms with E-state index in [1.165, 1.54) is 23.5 Å². The zero-order valence-corrected chi connectivity index (χ0v) is 15.0. The molecule has 0 aliphatic heterocycles. The molecule has 0 atom stereocenters. The van der Waals surface area contributed by atoms with E-state index in [0.717, 1.165) is 0 Å². The third-order valence-corrected chi connectivity index (χ3v) is 4.55. The van der Waals surface area contributed by atoms with E-state index in [-0.39, 0.29) is 22.9 Å². The fraction of sp³-hybridized carbons (Fsp3) is 0.176. The molecule has 0 aliphatic rings. The van der Waals surface area contributed by atoms with E-state index < -0.39 is 11.8 Å². The van der Waals surface area contributed by atoms with Crippen molar-refractivity contribution in [3.63, 3.8) is 0 Å². The minimum absolute atomic E-state index is 0.115. The van der Waals surface area contributed by atoms with Crippen LogP contribution in [0.3, 0.4) is 0 Å². The Labute approximate surface area is 152 Å². The Kier molecular flexibility index (Phi) is 5.06. The number of esters is 1. The highest BCUT2D eigenvalue weighted by molar-refractivity contribution is 7.13. The van der Waals surface area contributed by atoms with Crippen LogP contribution in [0.5, 0.6) is 0 Å². The lowest BCUT2D eigenvalue weighted by molar-refractivity contribution is 0.0525. The summed E-state index contributed by atoms with van der Waals surface area (Å²) in [7, 11) is 0. The number of nitrogens with zero attached hydrogens (tertiary/aromatic N) is 3. The predicted molar refractivity (Wildman–Crippen MR) is 94.2 cm³/mol. The maximum atomic E-state index is 13.9. The summed E-state index contributed by atoms with van der Waals surface area (Å²) >= 11 is 7.47. The number of aryl methyl sites for hydroxylation is 1. The Morgan fingerprint density at radius 1 is 1.36 bits per heavy atom. The Bertz CT molecular complexity index is 932. The summed E-state index contributed by atoms with van der Waals surface area (Å²) in [5.41, 5.74) is 1.09. The van der Waals surface area contributed by atoms with Gasteiger partial charge in [0.05, 0.1) is 23.0 Å². The molecule has 0 aliphatic carbocycles. The molecule has 5 nitrogen and oxygen atoms in total. The van der Waals surface area contributed by atoms with Gasteiger partial charge in [-0.1, -0.05) is 23.7 Å². The van der Waals surface area contributed by atoms with Crippen molar-refractivity contribution in [1.29, 1.82) is 0 Å². The van der Waals surface area contributed by atoms with Gasteiger partial charge in [0.2, 0.25) is 0 Å². The Balaban J connectivity index is 2.29. The number of rotatable bonds is 4. The van der Waals surface area contributed by atoms with Crippen molar-refractivity contribution in [3.8, 4) is 22.1 Å². The molecule has 1 aromatic carbocycles. The van der Waals surface area contributed by atoms with Gasteiger partial charge in [-0.05, 0) is 19.9 Å². The Morgan fingerprint density at radius 2 is 2.16 bits per heavy atom. The van der Waals surface area contributed by atoms with Crippen LogP contribution in [0.15, 0.2) is 29.8 Å². The summed E-state index contributed by atoms with van der Waals surface area (Å²) in [6.45, 7) is 3.57. The number of hydrogen-bond acceptors (Lipinski definition) is 6. The van der Waals surface area contributed by atoms with E-state index in [4.69, 9.17) is 16.3 Å². The summed E-state index contributed by atoms with van der Waals surface area (Å²) < 4.78 is 19.0. The van der Waals surface area contributed by atoms with Crippen molar-refractivity contribution in [3.05, 3.63) is 51.9 Å². The van der Waals surface area contributed by atoms with Gasteiger partial charge in [0.1, 0.15) is 11.4 Å². The van der Waals surface area contributed by atoms with Crippen molar-refractivity contribution in [1.82, 2.24) is 15.0 Å². The highest BCUT2D eigenvalue weighted by atomic mass is 35.5. The third kappa shape index (κ3) is 3.38. The smallest absolute Gasteiger partial charge is 0.342 e. The normalized spacial score (nSPS) is 10.7. The number of ether oxygens (including phenoxy) is 1. The molecule has 25 heavy (non-hydrogen) atoms. The second kappa shape index (κ2) is 7.25. The van der Waals surface area contributed by atoms with Crippen LogP contribution < -0.4 is 0 Å². The first kappa shape index (κ1) is 17.4. The van der Waals surface area contributed by atoms with Gasteiger partial charge in [-0.2, -0.15) is 0 Å². The molecule has 0 amide bonds. The Hall–Kier alpha value is -2.38. The van der Waals surface area contributed by atoms with Crippen LogP contribution in [0, 0.1) is 12.7 Å². The van der Waals surface area contributed by atoms with Crippen LogP contribution >= 0.6 is 22.9 Å². The summed E-state index contributed by atoms with van der Waals surface area (Å²) in [6.07, 6.45) is 1.63. The fourth-order valence-electron chi connectivity index (χ4n) is 2.33. The number of thiazole rings is 1. The SMILES string of the molecule is CCOC(=O)c1c(C)nc(-c2nccs2)nc1-c1cccc(F)c1Cl. The van der Waals surface area contributed by atoms with Gasteiger partial charge < -0.3 is 4.74 Å². The number of hydrogen-bond donors (Lipinski definition) is 0. The molecule has 2 aromatic heterocycles. The topological polar surface area (TPSA) is 65.0 Å². The first-order valence-corrected chi connectivity index (χ1v) is 8.68. The first-order valence-electron chi connectivity index (χ1n) is 7.43. The second-order valence-electron chi connectivity index (χ2n) is 5.02. The van der Waals surface area contributed by atoms with Gasteiger partial charge in [-0.25, -0.2) is 24.1 Å². The molecule has 0 unspecified atom stereocenters. The zero-order chi connectivity index (χ0) is 18.0. The average molecular weight is 378 g/mol. The van der Waals surface area contributed by atoms with E-state index >= 15 is 0 Å². The maximum absolute atomic E-state index is 13.9. The molecule has 8 heteroatoms. The number of halogens is 2. The lowest BCUT2D eigenvalue weighted by atomic mass is 10.0. The first-order chi connectivity index (χ1) is 12.0. The molecule has 0 radical (unpaired) electrons. The summed E-state index contributed by atoms with van der Waals surface area (Å²) in [6, 6.07) is 4.35. The maximum Gasteiger partial charge on any atom is 0.342 e. The molecule has 0 fully saturated rings. The molecule has 3 rings (SSSR count). The minimum Gasteiger partial charge on any atom is -0.462 e. The molecular formula is C17H13ClFN3O2S. The van der Waals surface area contributed by atoms with Crippen molar-refractivity contribution >= 4 is 28.9 Å². The molecule has 0 saturated heterocycles. The molecule has 0 saturated carbocycles. The van der Waals surface area contributed by atoms with Gasteiger partial charge in [-0.15, -0.1) is 11.3 Å². The van der Waals surface area contributed by atoms with Crippen LogP contribution in [0.1, 0.15) is 23.0 Å². The highest BCUT2D eigenvalue weighted by Crippen LogP contribution is 2.34. The van der Waals surface area contributed by atoms with Crippen LogP contribution in [0.4, 0.5) is 4.39 Å². The van der Waals surface area contributed by atoms with Crippen molar-refractivity contribution in [2.75, 3.05) is 6.61 Å². The highest BCUT2D eigenvalue weighted by Gasteiger charge is 2.24. The standard InChI is InChI=1S/C17H13ClFN3O2S/c1-3-24-17(23)12-9(2)21-15(16-20-7-8-25-16)22-14(12)10-5-4-6-11(19)13(10)18/h4-8H,3H2,1-2H3. The minimum atomic E-state index is -0.596. The van der Waals surface area contributed by atoms with Gasteiger partial charge in [-0.3, -0.25) is 0 Å². The summed E-state index contributed by atoms with van der Waals surface area (Å²) in [4.78, 5) is 25.4. The monoisotopic (exact) mass is 377 g/mol. The number of carbonyl (C=O) groups is 1. The van der Waals surface area contributed by atoms with E-state index in [9.17, 15) is 9.18 Å². The van der Waals surface area contributed by atoms with E-state index in [1.807, 2.05) is 0 Å². The molecule has 0 N–H and O–H groups in total. The zero-order valence-electron chi connectivity index (χ0n) is 13.4. The second-order valence-corrected chi connectivity index (χ2v) is 6.29. The quantitative estimate of drug-likeness (QED) is 0.624. The van der Waals surface area contributed by atoms with E-state index in [0.29, 0.717) is 22.1 Å².